The van der Waals surface area contributed by atoms with Crippen LogP contribution in [-0.4, -0.2) is 61.8 Å². The third-order valence-electron chi connectivity index (χ3n) is 6.14. The number of nitrogens with zero attached hydrogens (tertiary/aromatic N) is 2. The minimum Gasteiger partial charge on any atom is -0.490 e. The maximum absolute atomic E-state index is 13.3. The second kappa shape index (κ2) is 10.4. The fraction of sp³-hybridized carbons (Fsp3) is 0.360. The van der Waals surface area contributed by atoms with Gasteiger partial charge in [0, 0.05) is 18.4 Å². The molecule has 0 aliphatic carbocycles. The number of carbonyl (C=O) groups excluding carboxylic acids is 3. The zero-order valence-corrected chi connectivity index (χ0v) is 19.4. The molecular weight excluding hydrogens is 452 g/mol. The van der Waals surface area contributed by atoms with Crippen molar-refractivity contribution in [2.45, 2.75) is 37.5 Å². The molecule has 0 saturated carbocycles. The van der Waals surface area contributed by atoms with E-state index in [2.05, 4.69) is 10.6 Å². The molecule has 182 valence electrons. The molecule has 0 aromatic heterocycles. The van der Waals surface area contributed by atoms with Crippen LogP contribution in [0.3, 0.4) is 0 Å². The third-order valence-corrected chi connectivity index (χ3v) is 6.14. The predicted molar refractivity (Wildman–Crippen MR) is 126 cm³/mol. The highest BCUT2D eigenvalue weighted by atomic mass is 16.5. The summed E-state index contributed by atoms with van der Waals surface area (Å²) in [7, 11) is 3.06. The number of anilines is 2. The van der Waals surface area contributed by atoms with E-state index >= 15 is 0 Å². The Kier molecular flexibility index (Phi) is 7.17. The van der Waals surface area contributed by atoms with Crippen molar-refractivity contribution in [3.8, 4) is 11.8 Å². The molecule has 10 heteroatoms. The number of ether oxygens (including phenoxy) is 3. The average Bonchev–Trinajstić information content (AvgIpc) is 2.86. The molecule has 0 bridgehead atoms. The van der Waals surface area contributed by atoms with Crippen LogP contribution in [-0.2, 0) is 14.3 Å². The molecule has 0 radical (unpaired) electrons. The number of hydrogen-bond donors (Lipinski definition) is 2. The number of nitriles is 1. The van der Waals surface area contributed by atoms with E-state index < -0.39 is 6.03 Å². The van der Waals surface area contributed by atoms with Gasteiger partial charge in [-0.1, -0.05) is 6.07 Å². The lowest BCUT2D eigenvalue weighted by molar-refractivity contribution is -0.151. The van der Waals surface area contributed by atoms with Gasteiger partial charge in [-0.05, 0) is 49.2 Å². The van der Waals surface area contributed by atoms with E-state index in [1.165, 1.54) is 7.11 Å². The molecule has 1 fully saturated rings. The van der Waals surface area contributed by atoms with Gasteiger partial charge in [-0.25, -0.2) is 4.79 Å². The number of likely N-dealkylation sites (N-methyl/N-ethyl adjacent to an activating group) is 1. The first kappa shape index (κ1) is 24.0. The number of carbonyl (C=O) groups is 3. The van der Waals surface area contributed by atoms with Crippen LogP contribution >= 0.6 is 0 Å². The summed E-state index contributed by atoms with van der Waals surface area (Å²) >= 11 is 0. The fourth-order valence-electron chi connectivity index (χ4n) is 4.33. The summed E-state index contributed by atoms with van der Waals surface area (Å²) in [5, 5.41) is 14.4. The molecule has 3 amide bonds. The van der Waals surface area contributed by atoms with Crippen LogP contribution < -0.4 is 15.4 Å². The van der Waals surface area contributed by atoms with Gasteiger partial charge < -0.3 is 29.7 Å². The van der Waals surface area contributed by atoms with E-state index in [-0.39, 0.29) is 43.2 Å². The Hall–Kier alpha value is -4.10. The van der Waals surface area contributed by atoms with Crippen molar-refractivity contribution >= 4 is 29.3 Å². The quantitative estimate of drug-likeness (QED) is 0.646. The van der Waals surface area contributed by atoms with Crippen molar-refractivity contribution in [2.75, 3.05) is 31.4 Å². The highest BCUT2D eigenvalue weighted by molar-refractivity contribution is 6.02. The molecule has 2 heterocycles. The largest absolute Gasteiger partial charge is 0.490 e. The van der Waals surface area contributed by atoms with E-state index in [1.807, 2.05) is 6.07 Å². The van der Waals surface area contributed by atoms with Crippen molar-refractivity contribution in [2.24, 2.45) is 0 Å². The topological polar surface area (TPSA) is 130 Å². The van der Waals surface area contributed by atoms with Gasteiger partial charge in [0.2, 0.25) is 0 Å². The monoisotopic (exact) mass is 478 g/mol. The van der Waals surface area contributed by atoms with Gasteiger partial charge in [0.15, 0.2) is 0 Å². The van der Waals surface area contributed by atoms with Crippen molar-refractivity contribution in [1.82, 2.24) is 4.90 Å². The summed E-state index contributed by atoms with van der Waals surface area (Å²) in [6.07, 6.45) is 0.776. The lowest BCUT2D eigenvalue weighted by atomic mass is 9.94. The molecule has 1 saturated heterocycles. The maximum atomic E-state index is 13.3. The second-order valence-electron chi connectivity index (χ2n) is 8.43. The first-order valence-electron chi connectivity index (χ1n) is 11.2. The van der Waals surface area contributed by atoms with Gasteiger partial charge in [0.05, 0.1) is 42.9 Å². The first-order chi connectivity index (χ1) is 16.9. The van der Waals surface area contributed by atoms with Crippen LogP contribution in [0.5, 0.6) is 5.75 Å². The Labute approximate surface area is 202 Å². The van der Waals surface area contributed by atoms with Gasteiger partial charge in [-0.15, -0.1) is 0 Å². The van der Waals surface area contributed by atoms with Crippen molar-refractivity contribution < 1.29 is 28.6 Å². The molecule has 0 unspecified atom stereocenters. The summed E-state index contributed by atoms with van der Waals surface area (Å²) < 4.78 is 16.7. The number of hydrogen-bond acceptors (Lipinski definition) is 7. The molecule has 2 aliphatic heterocycles. The summed E-state index contributed by atoms with van der Waals surface area (Å²) in [6.45, 7) is 0.218. The summed E-state index contributed by atoms with van der Waals surface area (Å²) in [5.41, 5.74) is 1.64. The van der Waals surface area contributed by atoms with E-state index in [9.17, 15) is 14.4 Å². The molecule has 10 nitrogen and oxygen atoms in total. The summed E-state index contributed by atoms with van der Waals surface area (Å²) in [6, 6.07) is 12.7. The lowest BCUT2D eigenvalue weighted by Gasteiger charge is -2.42. The smallest absolute Gasteiger partial charge is 0.323 e. The molecule has 35 heavy (non-hydrogen) atoms. The van der Waals surface area contributed by atoms with E-state index in [1.54, 1.807) is 54.4 Å². The maximum Gasteiger partial charge on any atom is 0.323 e. The molecule has 4 rings (SSSR count). The SMILES string of the molecule is COC(=O)C[C@@H]1CC[C@H]2[C@@H](COc3ccc(NC(=O)Nc4cccc(C#N)c4)cc3C(=O)N2C)O1. The van der Waals surface area contributed by atoms with Crippen molar-refractivity contribution in [1.29, 1.82) is 5.26 Å². The highest BCUT2D eigenvalue weighted by Crippen LogP contribution is 2.32. The number of benzene rings is 2. The van der Waals surface area contributed by atoms with Gasteiger partial charge >= 0.3 is 12.0 Å². The van der Waals surface area contributed by atoms with Crippen LogP contribution in [0.15, 0.2) is 42.5 Å². The summed E-state index contributed by atoms with van der Waals surface area (Å²) in [4.78, 5) is 39.0. The Morgan fingerprint density at radius 1 is 1.17 bits per heavy atom. The number of fused-ring (bicyclic) bond motifs is 2. The Morgan fingerprint density at radius 2 is 1.94 bits per heavy atom. The number of rotatable bonds is 4. The first-order valence-corrected chi connectivity index (χ1v) is 11.2. The summed E-state index contributed by atoms with van der Waals surface area (Å²) in [5.74, 6) is -0.209. The molecule has 2 aliphatic rings. The lowest BCUT2D eigenvalue weighted by Crippen LogP contribution is -2.53. The Morgan fingerprint density at radius 3 is 2.69 bits per heavy atom. The van der Waals surface area contributed by atoms with E-state index in [0.29, 0.717) is 41.1 Å². The predicted octanol–water partition coefficient (Wildman–Crippen LogP) is 3.15. The number of amides is 3. The van der Waals surface area contributed by atoms with Crippen LogP contribution in [0.2, 0.25) is 0 Å². The standard InChI is InChI=1S/C25H26N4O6/c1-29-20-8-7-18(12-23(30)33-2)35-22(20)14-34-21-9-6-17(11-19(21)24(29)31)28-25(32)27-16-5-3-4-15(10-16)13-26/h3-6,9-11,18,20,22H,7-8,12,14H2,1-2H3,(H2,27,28,32)/t18-,20-,22+/m0/s1. The number of methoxy groups -OCH3 is 1. The van der Waals surface area contributed by atoms with Crippen LogP contribution in [0, 0.1) is 11.3 Å². The van der Waals surface area contributed by atoms with Crippen molar-refractivity contribution in [3.63, 3.8) is 0 Å². The number of urea groups is 1. The van der Waals surface area contributed by atoms with Gasteiger partial charge in [0.25, 0.3) is 5.91 Å². The minimum absolute atomic E-state index is 0.159. The van der Waals surface area contributed by atoms with E-state index in [4.69, 9.17) is 19.5 Å². The minimum atomic E-state index is -0.509. The number of esters is 1. The normalized spacial score (nSPS) is 21.2. The molecule has 2 aromatic rings. The van der Waals surface area contributed by atoms with Crippen LogP contribution in [0.1, 0.15) is 35.2 Å². The zero-order chi connectivity index (χ0) is 24.9. The molecular formula is C25H26N4O6. The molecule has 2 aromatic carbocycles. The average molecular weight is 479 g/mol. The molecule has 3 atom stereocenters. The van der Waals surface area contributed by atoms with Gasteiger partial charge in [0.1, 0.15) is 18.5 Å². The Bertz CT molecular complexity index is 1180. The molecule has 2 N–H and O–H groups in total. The zero-order valence-electron chi connectivity index (χ0n) is 19.4. The van der Waals surface area contributed by atoms with Gasteiger partial charge in [-0.2, -0.15) is 5.26 Å². The van der Waals surface area contributed by atoms with E-state index in [0.717, 1.165) is 0 Å². The second-order valence-corrected chi connectivity index (χ2v) is 8.43. The Balaban J connectivity index is 1.47. The molecule has 0 spiro atoms. The number of nitrogens with one attached hydrogen (secondary N) is 2. The van der Waals surface area contributed by atoms with Crippen LogP contribution in [0.4, 0.5) is 16.2 Å². The third kappa shape index (κ3) is 5.53. The van der Waals surface area contributed by atoms with Gasteiger partial charge in [-0.3, -0.25) is 9.59 Å². The van der Waals surface area contributed by atoms with Crippen LogP contribution in [0.25, 0.3) is 0 Å². The highest BCUT2D eigenvalue weighted by Gasteiger charge is 2.39. The fourth-order valence-corrected chi connectivity index (χ4v) is 4.33. The van der Waals surface area contributed by atoms with Crippen molar-refractivity contribution in [3.05, 3.63) is 53.6 Å².